The van der Waals surface area contributed by atoms with Gasteiger partial charge in [-0.1, -0.05) is 0 Å². The Morgan fingerprint density at radius 3 is 2.58 bits per heavy atom. The lowest BCUT2D eigenvalue weighted by Crippen LogP contribution is -2.11. The Labute approximate surface area is 150 Å². The lowest BCUT2D eigenvalue weighted by molar-refractivity contribution is 0.0279. The lowest BCUT2D eigenvalue weighted by atomic mass is 10.2. The van der Waals surface area contributed by atoms with Crippen LogP contribution in [0.3, 0.4) is 0 Å². The standard InChI is InChI=1S/C19H20FN3O3/c1-5-23-11(2)10-16(12(23)3)19(24)25-13(4)17-21-22-18(26-17)14-6-8-15(20)9-7-14/h6-10,13H,5H2,1-4H3/t13-/m0/s1. The summed E-state index contributed by atoms with van der Waals surface area (Å²) in [5.41, 5.74) is 2.98. The highest BCUT2D eigenvalue weighted by atomic mass is 19.1. The van der Waals surface area contributed by atoms with E-state index in [-0.39, 0.29) is 17.6 Å². The van der Waals surface area contributed by atoms with Gasteiger partial charge < -0.3 is 13.7 Å². The van der Waals surface area contributed by atoms with Crippen LogP contribution in [0.2, 0.25) is 0 Å². The minimum absolute atomic E-state index is 0.182. The molecule has 3 aromatic rings. The molecule has 0 aliphatic rings. The van der Waals surface area contributed by atoms with Crippen molar-refractivity contribution in [2.75, 3.05) is 0 Å². The average molecular weight is 357 g/mol. The van der Waals surface area contributed by atoms with E-state index in [4.69, 9.17) is 9.15 Å². The molecule has 7 heteroatoms. The fourth-order valence-electron chi connectivity index (χ4n) is 2.88. The van der Waals surface area contributed by atoms with Crippen LogP contribution in [0.4, 0.5) is 4.39 Å². The quantitative estimate of drug-likeness (QED) is 0.639. The van der Waals surface area contributed by atoms with Crippen LogP contribution in [0.1, 0.15) is 47.6 Å². The van der Waals surface area contributed by atoms with Crippen molar-refractivity contribution in [1.29, 1.82) is 0 Å². The second-order valence-electron chi connectivity index (χ2n) is 6.03. The zero-order valence-corrected chi connectivity index (χ0v) is 15.1. The Morgan fingerprint density at radius 2 is 1.96 bits per heavy atom. The van der Waals surface area contributed by atoms with Crippen molar-refractivity contribution in [1.82, 2.24) is 14.8 Å². The highest BCUT2D eigenvalue weighted by molar-refractivity contribution is 5.91. The molecule has 0 aliphatic heterocycles. The second-order valence-corrected chi connectivity index (χ2v) is 6.03. The number of aromatic nitrogens is 3. The van der Waals surface area contributed by atoms with Gasteiger partial charge in [-0.25, -0.2) is 9.18 Å². The number of nitrogens with zero attached hydrogens (tertiary/aromatic N) is 3. The maximum atomic E-state index is 13.0. The average Bonchev–Trinajstić information content (AvgIpc) is 3.20. The maximum absolute atomic E-state index is 13.0. The van der Waals surface area contributed by atoms with Crippen molar-refractivity contribution >= 4 is 5.97 Å². The third-order valence-electron chi connectivity index (χ3n) is 4.27. The Bertz CT molecular complexity index is 928. The van der Waals surface area contributed by atoms with Crippen molar-refractivity contribution < 1.29 is 18.3 Å². The zero-order valence-electron chi connectivity index (χ0n) is 15.1. The Morgan fingerprint density at radius 1 is 1.27 bits per heavy atom. The minimum Gasteiger partial charge on any atom is -0.449 e. The molecule has 0 saturated heterocycles. The van der Waals surface area contributed by atoms with E-state index in [2.05, 4.69) is 10.2 Å². The number of hydrogen-bond donors (Lipinski definition) is 0. The van der Waals surface area contributed by atoms with E-state index in [1.54, 1.807) is 19.1 Å². The van der Waals surface area contributed by atoms with Gasteiger partial charge in [-0.3, -0.25) is 0 Å². The summed E-state index contributed by atoms with van der Waals surface area (Å²) in [6.07, 6.45) is -0.700. The molecule has 0 bridgehead atoms. The first kappa shape index (κ1) is 17.8. The fraction of sp³-hybridized carbons (Fsp3) is 0.316. The summed E-state index contributed by atoms with van der Waals surface area (Å²) in [6.45, 7) is 8.30. The van der Waals surface area contributed by atoms with Crippen LogP contribution in [0, 0.1) is 19.7 Å². The zero-order chi connectivity index (χ0) is 18.8. The largest absolute Gasteiger partial charge is 0.449 e. The molecule has 0 N–H and O–H groups in total. The molecular formula is C19H20FN3O3. The molecule has 0 spiro atoms. The molecule has 0 amide bonds. The number of halogens is 1. The van der Waals surface area contributed by atoms with Crippen LogP contribution >= 0.6 is 0 Å². The van der Waals surface area contributed by atoms with Crippen LogP contribution in [-0.2, 0) is 11.3 Å². The number of carbonyl (C=O) groups is 1. The van der Waals surface area contributed by atoms with Gasteiger partial charge >= 0.3 is 5.97 Å². The number of hydrogen-bond acceptors (Lipinski definition) is 5. The molecule has 0 radical (unpaired) electrons. The van der Waals surface area contributed by atoms with Crippen molar-refractivity contribution in [3.8, 4) is 11.5 Å². The van der Waals surface area contributed by atoms with Crippen LogP contribution < -0.4 is 0 Å². The summed E-state index contributed by atoms with van der Waals surface area (Å²) in [5.74, 6) is -0.360. The molecule has 0 saturated carbocycles. The molecule has 26 heavy (non-hydrogen) atoms. The summed E-state index contributed by atoms with van der Waals surface area (Å²) in [4.78, 5) is 12.5. The third kappa shape index (κ3) is 3.37. The van der Waals surface area contributed by atoms with Crippen molar-refractivity contribution in [3.05, 3.63) is 59.0 Å². The maximum Gasteiger partial charge on any atom is 0.340 e. The van der Waals surface area contributed by atoms with Gasteiger partial charge in [-0.15, -0.1) is 10.2 Å². The van der Waals surface area contributed by atoms with E-state index >= 15 is 0 Å². The minimum atomic E-state index is -0.700. The van der Waals surface area contributed by atoms with Gasteiger partial charge in [0, 0.05) is 23.5 Å². The molecule has 0 unspecified atom stereocenters. The van der Waals surface area contributed by atoms with E-state index < -0.39 is 12.1 Å². The first-order chi connectivity index (χ1) is 12.4. The summed E-state index contributed by atoms with van der Waals surface area (Å²) in [5, 5.41) is 7.86. The second kappa shape index (κ2) is 7.11. The molecule has 1 atom stereocenters. The van der Waals surface area contributed by atoms with Crippen LogP contribution in [0.5, 0.6) is 0 Å². The lowest BCUT2D eigenvalue weighted by Gasteiger charge is -2.10. The van der Waals surface area contributed by atoms with E-state index in [1.165, 1.54) is 12.1 Å². The fourth-order valence-corrected chi connectivity index (χ4v) is 2.88. The molecule has 6 nitrogen and oxygen atoms in total. The highest BCUT2D eigenvalue weighted by Crippen LogP contribution is 2.24. The normalized spacial score (nSPS) is 12.2. The predicted octanol–water partition coefficient (Wildman–Crippen LogP) is 4.23. The monoisotopic (exact) mass is 357 g/mol. The Hall–Kier alpha value is -2.96. The van der Waals surface area contributed by atoms with Gasteiger partial charge in [-0.2, -0.15) is 0 Å². The summed E-state index contributed by atoms with van der Waals surface area (Å²) < 4.78 is 26.1. The SMILES string of the molecule is CCn1c(C)cc(C(=O)O[C@@H](C)c2nnc(-c3ccc(F)cc3)o2)c1C. The molecular weight excluding hydrogens is 337 g/mol. The smallest absolute Gasteiger partial charge is 0.340 e. The topological polar surface area (TPSA) is 70.2 Å². The molecule has 136 valence electrons. The van der Waals surface area contributed by atoms with Crippen LogP contribution in [0.25, 0.3) is 11.5 Å². The van der Waals surface area contributed by atoms with Gasteiger partial charge in [0.2, 0.25) is 5.89 Å². The van der Waals surface area contributed by atoms with Gasteiger partial charge in [0.25, 0.3) is 5.89 Å². The highest BCUT2D eigenvalue weighted by Gasteiger charge is 2.22. The van der Waals surface area contributed by atoms with E-state index in [9.17, 15) is 9.18 Å². The van der Waals surface area contributed by atoms with Crippen LogP contribution in [0.15, 0.2) is 34.7 Å². The molecule has 2 heterocycles. The first-order valence-corrected chi connectivity index (χ1v) is 8.37. The predicted molar refractivity (Wildman–Crippen MR) is 93.1 cm³/mol. The number of esters is 1. The van der Waals surface area contributed by atoms with E-state index in [0.717, 1.165) is 17.9 Å². The van der Waals surface area contributed by atoms with Crippen molar-refractivity contribution in [2.45, 2.75) is 40.3 Å². The van der Waals surface area contributed by atoms with Crippen molar-refractivity contribution in [3.63, 3.8) is 0 Å². The van der Waals surface area contributed by atoms with Gasteiger partial charge in [0.05, 0.1) is 5.56 Å². The summed E-state index contributed by atoms with van der Waals surface area (Å²) in [6, 6.07) is 7.52. The molecule has 0 aliphatic carbocycles. The van der Waals surface area contributed by atoms with Gasteiger partial charge in [0.1, 0.15) is 5.82 Å². The Balaban J connectivity index is 1.75. The molecule has 3 rings (SSSR count). The number of rotatable bonds is 5. The Kier molecular flexibility index (Phi) is 4.88. The summed E-state index contributed by atoms with van der Waals surface area (Å²) in [7, 11) is 0. The van der Waals surface area contributed by atoms with Gasteiger partial charge in [0.15, 0.2) is 6.10 Å². The van der Waals surface area contributed by atoms with Gasteiger partial charge in [-0.05, 0) is 58.0 Å². The van der Waals surface area contributed by atoms with E-state index in [1.807, 2.05) is 31.4 Å². The first-order valence-electron chi connectivity index (χ1n) is 8.37. The number of carbonyl (C=O) groups excluding carboxylic acids is 1. The number of benzene rings is 1. The summed E-state index contributed by atoms with van der Waals surface area (Å²) >= 11 is 0. The number of ether oxygens (including phenoxy) is 1. The van der Waals surface area contributed by atoms with E-state index in [0.29, 0.717) is 11.1 Å². The molecule has 2 aromatic heterocycles. The molecule has 1 aromatic carbocycles. The van der Waals surface area contributed by atoms with Crippen LogP contribution in [-0.4, -0.2) is 20.7 Å². The van der Waals surface area contributed by atoms with Crippen molar-refractivity contribution in [2.24, 2.45) is 0 Å². The third-order valence-corrected chi connectivity index (χ3v) is 4.27. The number of aryl methyl sites for hydroxylation is 1. The molecule has 0 fully saturated rings.